The largest absolute Gasteiger partial charge is 0.491 e. The van der Waals surface area contributed by atoms with Crippen molar-refractivity contribution in [3.05, 3.63) is 52.5 Å². The number of benzene rings is 2. The van der Waals surface area contributed by atoms with E-state index in [2.05, 4.69) is 12.2 Å². The van der Waals surface area contributed by atoms with Gasteiger partial charge in [0.25, 0.3) is 5.91 Å². The van der Waals surface area contributed by atoms with Crippen LogP contribution in [0.4, 0.5) is 5.69 Å². The zero-order valence-corrected chi connectivity index (χ0v) is 15.7. The van der Waals surface area contributed by atoms with E-state index >= 15 is 0 Å². The summed E-state index contributed by atoms with van der Waals surface area (Å²) in [5, 5.41) is 3.69. The van der Waals surface area contributed by atoms with Crippen molar-refractivity contribution in [3.63, 3.8) is 0 Å². The fraction of sp³-hybridized carbons (Fsp3) is 0.316. The third-order valence-corrected chi connectivity index (χ3v) is 4.00. The monoisotopic (exact) mass is 381 g/mol. The minimum Gasteiger partial charge on any atom is -0.491 e. The summed E-state index contributed by atoms with van der Waals surface area (Å²) in [7, 11) is 0. The number of carbonyl (C=O) groups excluding carboxylic acids is 1. The van der Waals surface area contributed by atoms with Crippen LogP contribution in [0.5, 0.6) is 11.5 Å². The Labute approximate surface area is 158 Å². The quantitative estimate of drug-likeness (QED) is 0.607. The molecular formula is C19H21Cl2NO3. The van der Waals surface area contributed by atoms with Gasteiger partial charge in [-0.2, -0.15) is 0 Å². The van der Waals surface area contributed by atoms with Crippen molar-refractivity contribution in [3.8, 4) is 11.5 Å². The molecular weight excluding hydrogens is 361 g/mol. The van der Waals surface area contributed by atoms with Gasteiger partial charge in [0.15, 0.2) is 6.10 Å². The average Bonchev–Trinajstić information content (AvgIpc) is 2.59. The van der Waals surface area contributed by atoms with Gasteiger partial charge in [-0.05, 0) is 43.7 Å². The second kappa shape index (κ2) is 9.54. The summed E-state index contributed by atoms with van der Waals surface area (Å²) in [6.07, 6.45) is 1.26. The van der Waals surface area contributed by atoms with Gasteiger partial charge in [0.1, 0.15) is 11.5 Å². The Hall–Kier alpha value is -1.91. The van der Waals surface area contributed by atoms with Gasteiger partial charge in [-0.3, -0.25) is 4.79 Å². The van der Waals surface area contributed by atoms with E-state index in [4.69, 9.17) is 32.7 Å². The molecule has 0 saturated carbocycles. The number of nitrogens with one attached hydrogen (secondary N) is 1. The molecule has 0 aliphatic rings. The molecule has 6 heteroatoms. The molecule has 134 valence electrons. The van der Waals surface area contributed by atoms with Gasteiger partial charge in [-0.1, -0.05) is 48.7 Å². The third kappa shape index (κ3) is 5.83. The number of rotatable bonds is 8. The van der Waals surface area contributed by atoms with Crippen LogP contribution in [-0.4, -0.2) is 18.6 Å². The first-order chi connectivity index (χ1) is 12.0. The molecule has 0 fully saturated rings. The Morgan fingerprint density at radius 1 is 1.16 bits per heavy atom. The van der Waals surface area contributed by atoms with Crippen LogP contribution in [0.15, 0.2) is 42.5 Å². The Balaban J connectivity index is 2.01. The number of unbranched alkanes of at least 4 members (excludes halogenated alkanes) is 1. The summed E-state index contributed by atoms with van der Waals surface area (Å²) in [4.78, 5) is 12.4. The van der Waals surface area contributed by atoms with Gasteiger partial charge in [0, 0.05) is 5.02 Å². The molecule has 1 atom stereocenters. The summed E-state index contributed by atoms with van der Waals surface area (Å²) in [6, 6.07) is 12.2. The van der Waals surface area contributed by atoms with Crippen LogP contribution >= 0.6 is 23.2 Å². The maximum absolute atomic E-state index is 12.4. The van der Waals surface area contributed by atoms with Gasteiger partial charge in [0.05, 0.1) is 17.3 Å². The molecule has 0 heterocycles. The lowest BCUT2D eigenvalue weighted by Gasteiger charge is -2.17. The lowest BCUT2D eigenvalue weighted by molar-refractivity contribution is -0.122. The van der Waals surface area contributed by atoms with Crippen LogP contribution in [0.25, 0.3) is 0 Å². The first kappa shape index (κ1) is 19.4. The van der Waals surface area contributed by atoms with E-state index in [-0.39, 0.29) is 5.91 Å². The van der Waals surface area contributed by atoms with Gasteiger partial charge in [-0.15, -0.1) is 0 Å². The molecule has 1 amide bonds. The van der Waals surface area contributed by atoms with E-state index in [0.29, 0.717) is 33.8 Å². The van der Waals surface area contributed by atoms with Crippen LogP contribution < -0.4 is 14.8 Å². The van der Waals surface area contributed by atoms with Crippen molar-refractivity contribution in [2.75, 3.05) is 11.9 Å². The minimum atomic E-state index is -0.734. The molecule has 2 aromatic carbocycles. The highest BCUT2D eigenvalue weighted by molar-refractivity contribution is 6.35. The topological polar surface area (TPSA) is 47.6 Å². The number of hydrogen-bond donors (Lipinski definition) is 1. The lowest BCUT2D eigenvalue weighted by Crippen LogP contribution is -2.30. The molecule has 0 aliphatic heterocycles. The number of amides is 1. The molecule has 0 spiro atoms. The Morgan fingerprint density at radius 3 is 2.64 bits per heavy atom. The predicted octanol–water partition coefficient (Wildman–Crippen LogP) is 5.58. The zero-order chi connectivity index (χ0) is 18.2. The summed E-state index contributed by atoms with van der Waals surface area (Å²) >= 11 is 11.9. The fourth-order valence-electron chi connectivity index (χ4n) is 2.07. The van der Waals surface area contributed by atoms with Crippen molar-refractivity contribution < 1.29 is 14.3 Å². The second-order valence-electron chi connectivity index (χ2n) is 5.52. The van der Waals surface area contributed by atoms with E-state index in [1.807, 2.05) is 18.2 Å². The van der Waals surface area contributed by atoms with Crippen molar-refractivity contribution in [2.45, 2.75) is 32.8 Å². The highest BCUT2D eigenvalue weighted by atomic mass is 35.5. The maximum Gasteiger partial charge on any atom is 0.265 e. The number of para-hydroxylation sites is 2. The fourth-order valence-corrected chi connectivity index (χ4v) is 2.52. The van der Waals surface area contributed by atoms with E-state index in [1.165, 1.54) is 0 Å². The number of ether oxygens (including phenoxy) is 2. The molecule has 0 saturated heterocycles. The van der Waals surface area contributed by atoms with Crippen molar-refractivity contribution in [2.24, 2.45) is 0 Å². The number of halogens is 2. The smallest absolute Gasteiger partial charge is 0.265 e. The third-order valence-electron chi connectivity index (χ3n) is 3.47. The van der Waals surface area contributed by atoms with Crippen LogP contribution in [0.1, 0.15) is 26.7 Å². The first-order valence-corrected chi connectivity index (χ1v) is 8.91. The van der Waals surface area contributed by atoms with Crippen molar-refractivity contribution >= 4 is 34.8 Å². The molecule has 2 rings (SSSR count). The molecule has 0 bridgehead atoms. The second-order valence-corrected chi connectivity index (χ2v) is 6.37. The summed E-state index contributed by atoms with van der Waals surface area (Å²) in [6.45, 7) is 4.36. The SMILES string of the molecule is CCCCOc1ccccc1NC(=O)C(C)Oc1ccc(Cl)cc1Cl. The highest BCUT2D eigenvalue weighted by Gasteiger charge is 2.18. The first-order valence-electron chi connectivity index (χ1n) is 8.15. The molecule has 25 heavy (non-hydrogen) atoms. The molecule has 1 unspecified atom stereocenters. The normalized spacial score (nSPS) is 11.7. The van der Waals surface area contributed by atoms with Crippen molar-refractivity contribution in [1.29, 1.82) is 0 Å². The summed E-state index contributed by atoms with van der Waals surface area (Å²) < 4.78 is 11.3. The summed E-state index contributed by atoms with van der Waals surface area (Å²) in [5.74, 6) is 0.750. The molecule has 0 aromatic heterocycles. The van der Waals surface area contributed by atoms with Crippen LogP contribution in [0.2, 0.25) is 10.0 Å². The number of anilines is 1. The molecule has 2 aromatic rings. The lowest BCUT2D eigenvalue weighted by atomic mass is 10.2. The van der Waals surface area contributed by atoms with Gasteiger partial charge < -0.3 is 14.8 Å². The zero-order valence-electron chi connectivity index (χ0n) is 14.2. The Morgan fingerprint density at radius 2 is 1.92 bits per heavy atom. The van der Waals surface area contributed by atoms with E-state index in [1.54, 1.807) is 31.2 Å². The predicted molar refractivity (Wildman–Crippen MR) is 102 cm³/mol. The average molecular weight is 382 g/mol. The molecule has 4 nitrogen and oxygen atoms in total. The van der Waals surface area contributed by atoms with Crippen molar-refractivity contribution in [1.82, 2.24) is 0 Å². The van der Waals surface area contributed by atoms with Crippen LogP contribution in [0, 0.1) is 0 Å². The molecule has 0 aliphatic carbocycles. The van der Waals surface area contributed by atoms with Gasteiger partial charge in [0.2, 0.25) is 0 Å². The Kier molecular flexibility index (Phi) is 7.41. The van der Waals surface area contributed by atoms with Gasteiger partial charge in [-0.25, -0.2) is 0 Å². The summed E-state index contributed by atoms with van der Waals surface area (Å²) in [5.41, 5.74) is 0.612. The van der Waals surface area contributed by atoms with E-state index in [9.17, 15) is 4.79 Å². The van der Waals surface area contributed by atoms with Crippen LogP contribution in [0.3, 0.4) is 0 Å². The number of carbonyl (C=O) groups is 1. The van der Waals surface area contributed by atoms with E-state index in [0.717, 1.165) is 12.8 Å². The van der Waals surface area contributed by atoms with Gasteiger partial charge >= 0.3 is 0 Å². The highest BCUT2D eigenvalue weighted by Crippen LogP contribution is 2.29. The molecule has 0 radical (unpaired) electrons. The Bertz CT molecular complexity index is 722. The number of hydrogen-bond acceptors (Lipinski definition) is 3. The standard InChI is InChI=1S/C19H21Cl2NO3/c1-3-4-11-24-18-8-6-5-7-16(18)22-19(23)13(2)25-17-10-9-14(20)12-15(17)21/h5-10,12-13H,3-4,11H2,1-2H3,(H,22,23). The van der Waals surface area contributed by atoms with Crippen LogP contribution in [-0.2, 0) is 4.79 Å². The maximum atomic E-state index is 12.4. The minimum absolute atomic E-state index is 0.294. The van der Waals surface area contributed by atoms with E-state index < -0.39 is 6.10 Å². The molecule has 1 N–H and O–H groups in total.